The minimum atomic E-state index is -2.89. The SMILES string of the molecule is O=C1N(c2ccc(Cl)cc2)N=C(c2cccc([N+](=O)[O-])c2)C1(O)O. The molecule has 1 amide bonds. The highest BCUT2D eigenvalue weighted by Crippen LogP contribution is 2.29. The van der Waals surface area contributed by atoms with Gasteiger partial charge in [-0.25, -0.2) is 0 Å². The van der Waals surface area contributed by atoms with Gasteiger partial charge >= 0.3 is 5.91 Å². The van der Waals surface area contributed by atoms with Crippen LogP contribution in [0, 0.1) is 10.1 Å². The molecule has 1 aliphatic heterocycles. The zero-order valence-corrected chi connectivity index (χ0v) is 12.7. The van der Waals surface area contributed by atoms with Gasteiger partial charge in [0.1, 0.15) is 5.71 Å². The number of nitro benzene ring substituents is 1. The fourth-order valence-corrected chi connectivity index (χ4v) is 2.37. The molecule has 0 fully saturated rings. The van der Waals surface area contributed by atoms with E-state index in [9.17, 15) is 25.1 Å². The molecule has 0 aromatic heterocycles. The molecule has 8 nitrogen and oxygen atoms in total. The van der Waals surface area contributed by atoms with E-state index >= 15 is 0 Å². The second kappa shape index (κ2) is 5.68. The molecule has 0 aliphatic carbocycles. The van der Waals surface area contributed by atoms with Crippen LogP contribution in [0.25, 0.3) is 0 Å². The third-order valence-electron chi connectivity index (χ3n) is 3.42. The maximum absolute atomic E-state index is 12.3. The van der Waals surface area contributed by atoms with Crippen molar-refractivity contribution < 1.29 is 19.9 Å². The van der Waals surface area contributed by atoms with Gasteiger partial charge in [-0.05, 0) is 24.3 Å². The van der Waals surface area contributed by atoms with Gasteiger partial charge in [0.2, 0.25) is 0 Å². The van der Waals surface area contributed by atoms with Crippen LogP contribution >= 0.6 is 11.6 Å². The number of hydrogen-bond donors (Lipinski definition) is 2. The lowest BCUT2D eigenvalue weighted by molar-refractivity contribution is -0.384. The van der Waals surface area contributed by atoms with Gasteiger partial charge in [0.05, 0.1) is 10.6 Å². The molecular weight excluding hydrogens is 338 g/mol. The van der Waals surface area contributed by atoms with Gasteiger partial charge in [-0.2, -0.15) is 10.1 Å². The summed E-state index contributed by atoms with van der Waals surface area (Å²) >= 11 is 5.78. The number of anilines is 1. The number of aliphatic hydroxyl groups is 2. The predicted octanol–water partition coefficient (Wildman–Crippen LogP) is 1.68. The predicted molar refractivity (Wildman–Crippen MR) is 85.7 cm³/mol. The van der Waals surface area contributed by atoms with Crippen LogP contribution in [0.3, 0.4) is 0 Å². The first-order valence-corrected chi connectivity index (χ1v) is 7.07. The topological polar surface area (TPSA) is 116 Å². The third-order valence-corrected chi connectivity index (χ3v) is 3.67. The summed E-state index contributed by atoms with van der Waals surface area (Å²) in [5, 5.41) is 36.3. The van der Waals surface area contributed by atoms with E-state index in [1.165, 1.54) is 42.5 Å². The molecule has 0 bridgehead atoms. The molecule has 0 radical (unpaired) electrons. The fourth-order valence-electron chi connectivity index (χ4n) is 2.25. The molecule has 2 aromatic carbocycles. The summed E-state index contributed by atoms with van der Waals surface area (Å²) in [5.41, 5.74) is -0.328. The van der Waals surface area contributed by atoms with E-state index in [0.717, 1.165) is 11.1 Å². The van der Waals surface area contributed by atoms with Crippen LogP contribution in [0.5, 0.6) is 0 Å². The highest BCUT2D eigenvalue weighted by atomic mass is 35.5. The molecule has 3 rings (SSSR count). The van der Waals surface area contributed by atoms with Gasteiger partial charge in [0.25, 0.3) is 11.5 Å². The van der Waals surface area contributed by atoms with Crippen LogP contribution in [0.15, 0.2) is 53.6 Å². The number of benzene rings is 2. The first-order chi connectivity index (χ1) is 11.3. The Morgan fingerprint density at radius 2 is 1.83 bits per heavy atom. The van der Waals surface area contributed by atoms with E-state index in [2.05, 4.69) is 5.10 Å². The summed E-state index contributed by atoms with van der Waals surface area (Å²) in [6.07, 6.45) is 0. The van der Waals surface area contributed by atoms with E-state index in [0.29, 0.717) is 5.02 Å². The van der Waals surface area contributed by atoms with Crippen LogP contribution in [0.1, 0.15) is 5.56 Å². The van der Waals surface area contributed by atoms with E-state index < -0.39 is 22.3 Å². The average Bonchev–Trinajstić information content (AvgIpc) is 2.79. The van der Waals surface area contributed by atoms with Crippen molar-refractivity contribution in [2.24, 2.45) is 5.10 Å². The second-order valence-electron chi connectivity index (χ2n) is 5.02. The van der Waals surface area contributed by atoms with Crippen LogP contribution in [-0.2, 0) is 4.79 Å². The van der Waals surface area contributed by atoms with Crippen LogP contribution in [-0.4, -0.2) is 32.5 Å². The minimum Gasteiger partial charge on any atom is -0.353 e. The molecule has 1 heterocycles. The van der Waals surface area contributed by atoms with Crippen molar-refractivity contribution in [2.45, 2.75) is 5.79 Å². The fraction of sp³-hybridized carbons (Fsp3) is 0.0667. The molecule has 2 aromatic rings. The highest BCUT2D eigenvalue weighted by Gasteiger charge is 2.50. The number of amides is 1. The highest BCUT2D eigenvalue weighted by molar-refractivity contribution is 6.30. The molecule has 0 saturated heterocycles. The minimum absolute atomic E-state index is 0.0546. The Kier molecular flexibility index (Phi) is 3.80. The van der Waals surface area contributed by atoms with Gasteiger partial charge in [-0.1, -0.05) is 23.7 Å². The third kappa shape index (κ3) is 2.62. The van der Waals surface area contributed by atoms with Crippen molar-refractivity contribution in [2.75, 3.05) is 5.01 Å². The Morgan fingerprint density at radius 1 is 1.17 bits per heavy atom. The number of halogens is 1. The zero-order valence-electron chi connectivity index (χ0n) is 12.0. The summed E-state index contributed by atoms with van der Waals surface area (Å²) in [6, 6.07) is 11.1. The van der Waals surface area contributed by atoms with E-state index in [-0.39, 0.29) is 16.9 Å². The number of hydrogen-bond acceptors (Lipinski definition) is 6. The Hall–Kier alpha value is -2.81. The van der Waals surface area contributed by atoms with Crippen molar-refractivity contribution in [3.8, 4) is 0 Å². The van der Waals surface area contributed by atoms with Crippen LogP contribution < -0.4 is 5.01 Å². The quantitative estimate of drug-likeness (QED) is 0.497. The van der Waals surface area contributed by atoms with Crippen molar-refractivity contribution in [1.82, 2.24) is 0 Å². The molecule has 24 heavy (non-hydrogen) atoms. The van der Waals surface area contributed by atoms with Crippen LogP contribution in [0.4, 0.5) is 11.4 Å². The van der Waals surface area contributed by atoms with Crippen LogP contribution in [0.2, 0.25) is 5.02 Å². The monoisotopic (exact) mass is 347 g/mol. The molecule has 2 N–H and O–H groups in total. The summed E-state index contributed by atoms with van der Waals surface area (Å²) in [6.45, 7) is 0. The maximum Gasteiger partial charge on any atom is 0.314 e. The molecule has 0 spiro atoms. The first kappa shape index (κ1) is 16.1. The largest absolute Gasteiger partial charge is 0.353 e. The Morgan fingerprint density at radius 3 is 2.46 bits per heavy atom. The lowest BCUT2D eigenvalue weighted by Crippen LogP contribution is -2.46. The molecule has 9 heteroatoms. The molecule has 1 aliphatic rings. The molecule has 0 atom stereocenters. The summed E-state index contributed by atoms with van der Waals surface area (Å²) in [7, 11) is 0. The number of carbonyl (C=O) groups is 1. The van der Waals surface area contributed by atoms with Gasteiger partial charge in [0.15, 0.2) is 0 Å². The number of hydrazone groups is 1. The summed E-state index contributed by atoms with van der Waals surface area (Å²) in [5.74, 6) is -3.99. The Balaban J connectivity index is 2.07. The van der Waals surface area contributed by atoms with Crippen molar-refractivity contribution in [3.63, 3.8) is 0 Å². The zero-order chi connectivity index (χ0) is 17.5. The van der Waals surface area contributed by atoms with Crippen molar-refractivity contribution in [1.29, 1.82) is 0 Å². The number of carbonyl (C=O) groups excluding carboxylic acids is 1. The molecule has 122 valence electrons. The van der Waals surface area contributed by atoms with Gasteiger partial charge in [-0.3, -0.25) is 14.9 Å². The normalized spacial score (nSPS) is 16.2. The van der Waals surface area contributed by atoms with Crippen molar-refractivity contribution in [3.05, 3.63) is 69.2 Å². The van der Waals surface area contributed by atoms with E-state index in [1.54, 1.807) is 0 Å². The number of non-ortho nitro benzene ring substituents is 1. The molecular formula is C15H10ClN3O5. The number of rotatable bonds is 3. The second-order valence-corrected chi connectivity index (χ2v) is 5.46. The van der Waals surface area contributed by atoms with E-state index in [4.69, 9.17) is 11.6 Å². The Labute approximate surface area is 140 Å². The van der Waals surface area contributed by atoms with E-state index in [1.807, 2.05) is 0 Å². The summed E-state index contributed by atoms with van der Waals surface area (Å²) < 4.78 is 0. The Bertz CT molecular complexity index is 864. The average molecular weight is 348 g/mol. The number of nitro groups is 1. The maximum atomic E-state index is 12.3. The number of nitrogens with zero attached hydrogens (tertiary/aromatic N) is 3. The van der Waals surface area contributed by atoms with Gasteiger partial charge < -0.3 is 10.2 Å². The molecule has 0 unspecified atom stereocenters. The summed E-state index contributed by atoms with van der Waals surface area (Å²) in [4.78, 5) is 22.5. The van der Waals surface area contributed by atoms with Gasteiger partial charge in [0, 0.05) is 22.7 Å². The smallest absolute Gasteiger partial charge is 0.314 e. The standard InChI is InChI=1S/C15H10ClN3O5/c16-10-4-6-11(7-5-10)18-14(20)15(21,22)13(17-18)9-2-1-3-12(8-9)19(23)24/h1-8,21-22H. The lowest BCUT2D eigenvalue weighted by Gasteiger charge is -2.17. The lowest BCUT2D eigenvalue weighted by atomic mass is 10.0. The van der Waals surface area contributed by atoms with Gasteiger partial charge in [-0.15, -0.1) is 0 Å². The first-order valence-electron chi connectivity index (χ1n) is 6.69. The van der Waals surface area contributed by atoms with Crippen molar-refractivity contribution >= 4 is 34.6 Å². The molecule has 0 saturated carbocycles.